The highest BCUT2D eigenvalue weighted by Gasteiger charge is 2.30. The van der Waals surface area contributed by atoms with Crippen LogP contribution in [0.3, 0.4) is 0 Å². The van der Waals surface area contributed by atoms with Crippen LogP contribution in [0.15, 0.2) is 23.1 Å². The van der Waals surface area contributed by atoms with Gasteiger partial charge in [-0.05, 0) is 49.8 Å². The number of carbonyl (C=O) groups excluding carboxylic acids is 1. The van der Waals surface area contributed by atoms with Gasteiger partial charge in [0, 0.05) is 19.3 Å². The number of hydrogen-bond acceptors (Lipinski definition) is 6. The molecule has 26 heavy (non-hydrogen) atoms. The Bertz CT molecular complexity index is 758. The molecular formula is C17H25N3O5S. The SMILES string of the molecule is COc1ccc(S(=O)(=O)NC2CC2)cc1NC(=O)C(N)C1CCOCC1. The van der Waals surface area contributed by atoms with Crippen molar-refractivity contribution < 1.29 is 22.7 Å². The maximum Gasteiger partial charge on any atom is 0.241 e. The highest BCUT2D eigenvalue weighted by molar-refractivity contribution is 7.89. The molecule has 4 N–H and O–H groups in total. The molecule has 144 valence electrons. The molecule has 1 saturated carbocycles. The van der Waals surface area contributed by atoms with Crippen LogP contribution in [0.1, 0.15) is 25.7 Å². The Balaban J connectivity index is 1.76. The molecule has 1 aliphatic carbocycles. The van der Waals surface area contributed by atoms with Gasteiger partial charge in [0.2, 0.25) is 15.9 Å². The molecule has 2 aliphatic rings. The van der Waals surface area contributed by atoms with Gasteiger partial charge in [-0.2, -0.15) is 0 Å². The number of anilines is 1. The van der Waals surface area contributed by atoms with Crippen molar-refractivity contribution in [2.45, 2.75) is 42.7 Å². The average Bonchev–Trinajstić information content (AvgIpc) is 3.45. The van der Waals surface area contributed by atoms with Gasteiger partial charge in [-0.1, -0.05) is 0 Å². The average molecular weight is 383 g/mol. The lowest BCUT2D eigenvalue weighted by Crippen LogP contribution is -2.44. The van der Waals surface area contributed by atoms with E-state index in [-0.39, 0.29) is 22.8 Å². The van der Waals surface area contributed by atoms with E-state index in [9.17, 15) is 13.2 Å². The summed E-state index contributed by atoms with van der Waals surface area (Å²) in [5.74, 6) is 0.0565. The third kappa shape index (κ3) is 4.53. The van der Waals surface area contributed by atoms with Crippen LogP contribution in [0.2, 0.25) is 0 Å². The minimum absolute atomic E-state index is 0.00193. The fraction of sp³-hybridized carbons (Fsp3) is 0.588. The van der Waals surface area contributed by atoms with Crippen molar-refractivity contribution in [3.63, 3.8) is 0 Å². The summed E-state index contributed by atoms with van der Waals surface area (Å²) >= 11 is 0. The maximum absolute atomic E-state index is 12.5. The van der Waals surface area contributed by atoms with Crippen LogP contribution in [0.4, 0.5) is 5.69 Å². The maximum atomic E-state index is 12.5. The number of rotatable bonds is 7. The Morgan fingerprint density at radius 2 is 1.96 bits per heavy atom. The Labute approximate surface area is 153 Å². The normalized spacial score (nSPS) is 19.8. The predicted molar refractivity (Wildman–Crippen MR) is 96.5 cm³/mol. The molecule has 1 saturated heterocycles. The van der Waals surface area contributed by atoms with Gasteiger partial charge in [-0.25, -0.2) is 13.1 Å². The molecule has 1 heterocycles. The van der Waals surface area contributed by atoms with E-state index in [0.29, 0.717) is 24.7 Å². The van der Waals surface area contributed by atoms with Gasteiger partial charge >= 0.3 is 0 Å². The first-order valence-corrected chi connectivity index (χ1v) is 10.2. The summed E-state index contributed by atoms with van der Waals surface area (Å²) in [5, 5.41) is 2.72. The molecule has 3 rings (SSSR count). The molecule has 0 bridgehead atoms. The van der Waals surface area contributed by atoms with Crippen LogP contribution < -0.4 is 20.5 Å². The van der Waals surface area contributed by atoms with Gasteiger partial charge in [0.1, 0.15) is 5.75 Å². The molecule has 1 aliphatic heterocycles. The molecule has 1 aromatic carbocycles. The monoisotopic (exact) mass is 383 g/mol. The summed E-state index contributed by atoms with van der Waals surface area (Å²) in [7, 11) is -2.17. The summed E-state index contributed by atoms with van der Waals surface area (Å²) < 4.78 is 38.0. The largest absolute Gasteiger partial charge is 0.495 e. The number of hydrogen-bond donors (Lipinski definition) is 3. The van der Waals surface area contributed by atoms with E-state index in [2.05, 4.69) is 10.0 Å². The van der Waals surface area contributed by atoms with Crippen LogP contribution in [0.25, 0.3) is 0 Å². The van der Waals surface area contributed by atoms with Crippen LogP contribution in [0.5, 0.6) is 5.75 Å². The second kappa shape index (κ2) is 7.91. The molecular weight excluding hydrogens is 358 g/mol. The standard InChI is InChI=1S/C17H25N3O5S/c1-24-15-5-4-13(26(22,23)20-12-2-3-12)10-14(15)19-17(21)16(18)11-6-8-25-9-7-11/h4-5,10-12,16,20H,2-3,6-9,18H2,1H3,(H,19,21). The zero-order valence-corrected chi connectivity index (χ0v) is 15.6. The topological polar surface area (TPSA) is 120 Å². The van der Waals surface area contributed by atoms with Crippen molar-refractivity contribution in [2.75, 3.05) is 25.6 Å². The molecule has 1 unspecified atom stereocenters. The van der Waals surface area contributed by atoms with E-state index in [0.717, 1.165) is 25.7 Å². The van der Waals surface area contributed by atoms with E-state index in [1.165, 1.54) is 25.3 Å². The molecule has 0 spiro atoms. The highest BCUT2D eigenvalue weighted by atomic mass is 32.2. The van der Waals surface area contributed by atoms with Crippen molar-refractivity contribution >= 4 is 21.6 Å². The summed E-state index contributed by atoms with van der Waals surface area (Å²) in [6.07, 6.45) is 3.15. The van der Waals surface area contributed by atoms with Crippen molar-refractivity contribution in [3.05, 3.63) is 18.2 Å². The minimum Gasteiger partial charge on any atom is -0.495 e. The van der Waals surface area contributed by atoms with Gasteiger partial charge in [0.25, 0.3) is 0 Å². The van der Waals surface area contributed by atoms with Crippen LogP contribution in [-0.4, -0.2) is 46.7 Å². The van der Waals surface area contributed by atoms with Gasteiger partial charge in [-0.15, -0.1) is 0 Å². The Hall–Kier alpha value is -1.68. The zero-order chi connectivity index (χ0) is 18.7. The number of nitrogens with two attached hydrogens (primary N) is 1. The number of amides is 1. The summed E-state index contributed by atoms with van der Waals surface area (Å²) in [5.41, 5.74) is 6.38. The number of benzene rings is 1. The van der Waals surface area contributed by atoms with Gasteiger partial charge in [0.05, 0.1) is 23.7 Å². The number of sulfonamides is 1. The van der Waals surface area contributed by atoms with Crippen molar-refractivity contribution in [1.82, 2.24) is 4.72 Å². The van der Waals surface area contributed by atoms with E-state index in [1.54, 1.807) is 0 Å². The second-order valence-corrected chi connectivity index (χ2v) is 8.44. The van der Waals surface area contributed by atoms with Crippen molar-refractivity contribution in [2.24, 2.45) is 11.7 Å². The predicted octanol–water partition coefficient (Wildman–Crippen LogP) is 0.828. The molecule has 0 aromatic heterocycles. The number of methoxy groups -OCH3 is 1. The molecule has 1 atom stereocenters. The van der Waals surface area contributed by atoms with Crippen LogP contribution in [0, 0.1) is 5.92 Å². The smallest absolute Gasteiger partial charge is 0.241 e. The molecule has 2 fully saturated rings. The summed E-state index contributed by atoms with van der Waals surface area (Å²) in [6.45, 7) is 1.19. The van der Waals surface area contributed by atoms with E-state index < -0.39 is 16.1 Å². The van der Waals surface area contributed by atoms with Crippen molar-refractivity contribution in [3.8, 4) is 5.75 Å². The first-order valence-electron chi connectivity index (χ1n) is 8.75. The lowest BCUT2D eigenvalue weighted by molar-refractivity contribution is -0.119. The highest BCUT2D eigenvalue weighted by Crippen LogP contribution is 2.30. The third-order valence-electron chi connectivity index (χ3n) is 4.71. The fourth-order valence-corrected chi connectivity index (χ4v) is 4.28. The molecule has 1 aromatic rings. The summed E-state index contributed by atoms with van der Waals surface area (Å²) in [6, 6.07) is 3.70. The van der Waals surface area contributed by atoms with Crippen LogP contribution >= 0.6 is 0 Å². The fourth-order valence-electron chi connectivity index (χ4n) is 2.95. The minimum atomic E-state index is -3.63. The molecule has 1 amide bonds. The number of carbonyl (C=O) groups is 1. The first-order chi connectivity index (χ1) is 12.4. The quantitative estimate of drug-likeness (QED) is 0.641. The first kappa shape index (κ1) is 19.1. The molecule has 8 nitrogen and oxygen atoms in total. The Kier molecular flexibility index (Phi) is 5.81. The van der Waals surface area contributed by atoms with E-state index in [4.69, 9.17) is 15.2 Å². The number of nitrogens with one attached hydrogen (secondary N) is 2. The van der Waals surface area contributed by atoms with Crippen LogP contribution in [-0.2, 0) is 19.6 Å². The van der Waals surface area contributed by atoms with Crippen molar-refractivity contribution in [1.29, 1.82) is 0 Å². The lowest BCUT2D eigenvalue weighted by Gasteiger charge is -2.27. The zero-order valence-electron chi connectivity index (χ0n) is 14.7. The molecule has 9 heteroatoms. The lowest BCUT2D eigenvalue weighted by atomic mass is 9.92. The van der Waals surface area contributed by atoms with Gasteiger partial charge < -0.3 is 20.5 Å². The van der Waals surface area contributed by atoms with Gasteiger partial charge in [0.15, 0.2) is 0 Å². The number of ether oxygens (including phenoxy) is 2. The van der Waals surface area contributed by atoms with Gasteiger partial charge in [-0.3, -0.25) is 4.79 Å². The Morgan fingerprint density at radius 1 is 1.27 bits per heavy atom. The van der Waals surface area contributed by atoms with E-state index in [1.807, 2.05) is 0 Å². The second-order valence-electron chi connectivity index (χ2n) is 6.72. The Morgan fingerprint density at radius 3 is 2.58 bits per heavy atom. The third-order valence-corrected chi connectivity index (χ3v) is 6.23. The molecule has 0 radical (unpaired) electrons. The van der Waals surface area contributed by atoms with E-state index >= 15 is 0 Å². The summed E-state index contributed by atoms with van der Waals surface area (Å²) in [4.78, 5) is 12.6.